The number of hydrogen-bond acceptors (Lipinski definition) is 4. The lowest BCUT2D eigenvalue weighted by molar-refractivity contribution is 0.388. The van der Waals surface area contributed by atoms with Gasteiger partial charge in [0.2, 0.25) is 0 Å². The molecule has 4 rings (SSSR count). The maximum absolute atomic E-state index is 6.33. The van der Waals surface area contributed by atoms with Gasteiger partial charge in [-0.15, -0.1) is 0 Å². The van der Waals surface area contributed by atoms with Gasteiger partial charge in [0, 0.05) is 48.3 Å². The van der Waals surface area contributed by atoms with Crippen molar-refractivity contribution in [3.8, 4) is 0 Å². The maximum atomic E-state index is 6.33. The summed E-state index contributed by atoms with van der Waals surface area (Å²) in [6.07, 6.45) is 4.15. The topological polar surface area (TPSA) is 52.2 Å². The van der Waals surface area contributed by atoms with Gasteiger partial charge in [-0.25, -0.2) is 4.98 Å². The molecule has 1 aliphatic carbocycles. The molecule has 0 aliphatic heterocycles. The molecule has 0 unspecified atom stereocenters. The fourth-order valence-corrected chi connectivity index (χ4v) is 5.30. The Kier molecular flexibility index (Phi) is 7.47. The minimum atomic E-state index is 0.330. The lowest BCUT2D eigenvalue weighted by Crippen LogP contribution is -2.42. The Morgan fingerprint density at radius 2 is 1.73 bits per heavy atom. The minimum Gasteiger partial charge on any atom is -0.377 e. The molecule has 1 aromatic heterocycles. The summed E-state index contributed by atoms with van der Waals surface area (Å²) in [6.45, 7) is 1.96. The average Bonchev–Trinajstić information content (AvgIpc) is 2.77. The van der Waals surface area contributed by atoms with E-state index in [2.05, 4.69) is 59.2 Å². The van der Waals surface area contributed by atoms with Crippen LogP contribution in [0.4, 0.5) is 17.2 Å². The van der Waals surface area contributed by atoms with E-state index in [9.17, 15) is 0 Å². The summed E-state index contributed by atoms with van der Waals surface area (Å²) in [7, 11) is 4.14. The van der Waals surface area contributed by atoms with Crippen molar-refractivity contribution in [2.45, 2.75) is 44.7 Å². The van der Waals surface area contributed by atoms with Crippen LogP contribution >= 0.6 is 35.4 Å². The zero-order chi connectivity index (χ0) is 23.5. The lowest BCUT2D eigenvalue weighted by atomic mass is 9.91. The number of para-hydroxylation sites is 1. The number of rotatable bonds is 5. The number of fused-ring (bicyclic) bond motifs is 1. The van der Waals surface area contributed by atoms with Gasteiger partial charge in [-0.1, -0.05) is 41.4 Å². The molecule has 0 saturated heterocycles. The summed E-state index contributed by atoms with van der Waals surface area (Å²) in [4.78, 5) is 6.98. The summed E-state index contributed by atoms with van der Waals surface area (Å²) in [6, 6.07) is 14.7. The fourth-order valence-electron chi connectivity index (χ4n) is 4.39. The highest BCUT2D eigenvalue weighted by Gasteiger charge is 2.22. The van der Waals surface area contributed by atoms with E-state index in [1.165, 1.54) is 5.69 Å². The minimum absolute atomic E-state index is 0.330. The molecular formula is C25H29Cl2N5S. The molecule has 1 aliphatic rings. The van der Waals surface area contributed by atoms with Crippen LogP contribution in [0.1, 0.15) is 31.2 Å². The Morgan fingerprint density at radius 3 is 2.42 bits per heavy atom. The van der Waals surface area contributed by atoms with E-state index in [0.717, 1.165) is 53.7 Å². The summed E-state index contributed by atoms with van der Waals surface area (Å²) in [5, 5.41) is 13.3. The average molecular weight is 503 g/mol. The van der Waals surface area contributed by atoms with Crippen molar-refractivity contribution in [1.82, 2.24) is 10.3 Å². The number of pyridine rings is 1. The van der Waals surface area contributed by atoms with Crippen LogP contribution in [-0.2, 0) is 0 Å². The zero-order valence-corrected chi connectivity index (χ0v) is 21.4. The van der Waals surface area contributed by atoms with Crippen LogP contribution in [0, 0.1) is 6.92 Å². The molecule has 0 amide bonds. The SMILES string of the molecule is Cc1cc(Cl)cc(Cl)c1NC(=S)N[C@H]1CC[C@@H](Nc2cc(N(C)C)c3ccccc3n2)CC1. The van der Waals surface area contributed by atoms with Gasteiger partial charge in [0.15, 0.2) is 5.11 Å². The van der Waals surface area contributed by atoms with Crippen molar-refractivity contribution >= 4 is 68.6 Å². The summed E-state index contributed by atoms with van der Waals surface area (Å²) < 4.78 is 0. The molecule has 1 saturated carbocycles. The van der Waals surface area contributed by atoms with Gasteiger partial charge >= 0.3 is 0 Å². The molecule has 8 heteroatoms. The van der Waals surface area contributed by atoms with Crippen molar-refractivity contribution in [2.75, 3.05) is 29.6 Å². The van der Waals surface area contributed by atoms with Gasteiger partial charge in [0.1, 0.15) is 5.82 Å². The second kappa shape index (κ2) is 10.3. The lowest BCUT2D eigenvalue weighted by Gasteiger charge is -2.31. The van der Waals surface area contributed by atoms with Crippen LogP contribution in [-0.4, -0.2) is 36.3 Å². The molecular weight excluding hydrogens is 473 g/mol. The molecule has 0 radical (unpaired) electrons. The highest BCUT2D eigenvalue weighted by Crippen LogP contribution is 2.31. The molecule has 174 valence electrons. The number of aryl methyl sites for hydroxylation is 1. The first kappa shape index (κ1) is 23.9. The Labute approximate surface area is 210 Å². The second-order valence-corrected chi connectivity index (χ2v) is 10.1. The van der Waals surface area contributed by atoms with E-state index in [0.29, 0.717) is 27.2 Å². The quantitative estimate of drug-likeness (QED) is 0.341. The second-order valence-electron chi connectivity index (χ2n) is 8.81. The molecule has 1 fully saturated rings. The normalized spacial score (nSPS) is 18.1. The van der Waals surface area contributed by atoms with E-state index >= 15 is 0 Å². The molecule has 0 spiro atoms. The number of halogens is 2. The van der Waals surface area contributed by atoms with Gasteiger partial charge in [0.25, 0.3) is 0 Å². The fraction of sp³-hybridized carbons (Fsp3) is 0.360. The van der Waals surface area contributed by atoms with Crippen molar-refractivity contribution in [3.05, 3.63) is 58.1 Å². The summed E-state index contributed by atoms with van der Waals surface area (Å²) >= 11 is 17.9. The molecule has 3 N–H and O–H groups in total. The van der Waals surface area contributed by atoms with E-state index in [-0.39, 0.29) is 0 Å². The largest absolute Gasteiger partial charge is 0.377 e. The number of benzene rings is 2. The van der Waals surface area contributed by atoms with Gasteiger partial charge in [-0.3, -0.25) is 0 Å². The third-order valence-electron chi connectivity index (χ3n) is 6.08. The third-order valence-corrected chi connectivity index (χ3v) is 6.82. The Bertz CT molecular complexity index is 1140. The van der Waals surface area contributed by atoms with Crippen LogP contribution in [0.5, 0.6) is 0 Å². The van der Waals surface area contributed by atoms with E-state index < -0.39 is 0 Å². The van der Waals surface area contributed by atoms with E-state index in [4.69, 9.17) is 40.4 Å². The smallest absolute Gasteiger partial charge is 0.171 e. The highest BCUT2D eigenvalue weighted by atomic mass is 35.5. The van der Waals surface area contributed by atoms with Crippen molar-refractivity contribution in [3.63, 3.8) is 0 Å². The van der Waals surface area contributed by atoms with Gasteiger partial charge in [-0.05, 0) is 68.6 Å². The number of hydrogen-bond donors (Lipinski definition) is 3. The van der Waals surface area contributed by atoms with Gasteiger partial charge in [-0.2, -0.15) is 0 Å². The van der Waals surface area contributed by atoms with Crippen LogP contribution < -0.4 is 20.9 Å². The first-order valence-electron chi connectivity index (χ1n) is 11.2. The molecule has 0 atom stereocenters. The zero-order valence-electron chi connectivity index (χ0n) is 19.1. The Hall–Kier alpha value is -2.28. The summed E-state index contributed by atoms with van der Waals surface area (Å²) in [5.74, 6) is 0.929. The third kappa shape index (κ3) is 5.81. The number of anilines is 3. The standard InChI is InChI=1S/C25H29Cl2N5S/c1-15-12-16(26)13-20(27)24(15)31-25(33)29-18-10-8-17(9-11-18)28-23-14-22(32(2)3)19-6-4-5-7-21(19)30-23/h4-7,12-14,17-18H,8-11H2,1-3H3,(H,28,30)(H2,29,31,33)/t17-,18+. The molecule has 2 aromatic carbocycles. The molecule has 1 heterocycles. The predicted molar refractivity (Wildman–Crippen MR) is 146 cm³/mol. The van der Waals surface area contributed by atoms with Crippen LogP contribution in [0.2, 0.25) is 10.0 Å². The van der Waals surface area contributed by atoms with Gasteiger partial charge < -0.3 is 20.9 Å². The predicted octanol–water partition coefficient (Wildman–Crippen LogP) is 6.63. The van der Waals surface area contributed by atoms with Crippen LogP contribution in [0.15, 0.2) is 42.5 Å². The van der Waals surface area contributed by atoms with Gasteiger partial charge in [0.05, 0.1) is 16.2 Å². The number of nitrogens with one attached hydrogen (secondary N) is 3. The van der Waals surface area contributed by atoms with Crippen molar-refractivity contribution < 1.29 is 0 Å². The molecule has 0 bridgehead atoms. The first-order chi connectivity index (χ1) is 15.8. The Morgan fingerprint density at radius 1 is 1.03 bits per heavy atom. The van der Waals surface area contributed by atoms with Crippen molar-refractivity contribution in [1.29, 1.82) is 0 Å². The van der Waals surface area contributed by atoms with Crippen LogP contribution in [0.3, 0.4) is 0 Å². The van der Waals surface area contributed by atoms with Crippen LogP contribution in [0.25, 0.3) is 10.9 Å². The monoisotopic (exact) mass is 501 g/mol. The number of nitrogens with zero attached hydrogens (tertiary/aromatic N) is 2. The molecule has 5 nitrogen and oxygen atoms in total. The Balaban J connectivity index is 1.34. The number of thiocarbonyl (C=S) groups is 1. The molecule has 3 aromatic rings. The number of aromatic nitrogens is 1. The van der Waals surface area contributed by atoms with Crippen molar-refractivity contribution in [2.24, 2.45) is 0 Å². The summed E-state index contributed by atoms with van der Waals surface area (Å²) in [5.41, 5.74) is 3.94. The maximum Gasteiger partial charge on any atom is 0.171 e. The molecule has 33 heavy (non-hydrogen) atoms. The van der Waals surface area contributed by atoms with E-state index in [1.54, 1.807) is 6.07 Å². The van der Waals surface area contributed by atoms with E-state index in [1.807, 2.05) is 19.1 Å². The first-order valence-corrected chi connectivity index (χ1v) is 12.3. The highest BCUT2D eigenvalue weighted by molar-refractivity contribution is 7.80.